The summed E-state index contributed by atoms with van der Waals surface area (Å²) in [4.78, 5) is 0. The van der Waals surface area contributed by atoms with E-state index in [0.29, 0.717) is 17.1 Å². The number of ether oxygens (including phenoxy) is 2. The summed E-state index contributed by atoms with van der Waals surface area (Å²) >= 11 is 9.27. The van der Waals surface area contributed by atoms with Crippen LogP contribution in [0.5, 0.6) is 11.5 Å². The molecule has 0 aliphatic carbocycles. The normalized spacial score (nSPS) is 10.4. The first-order chi connectivity index (χ1) is 9.65. The van der Waals surface area contributed by atoms with Gasteiger partial charge in [0, 0.05) is 10.9 Å². The summed E-state index contributed by atoms with van der Waals surface area (Å²) in [5.74, 6) is 0.779. The Kier molecular flexibility index (Phi) is 5.26. The van der Waals surface area contributed by atoms with Crippen LogP contribution in [0.25, 0.3) is 0 Å². The summed E-state index contributed by atoms with van der Waals surface area (Å²) < 4.78 is 24.3. The smallest absolute Gasteiger partial charge is 0.161 e. The molecule has 0 spiro atoms. The van der Waals surface area contributed by atoms with Gasteiger partial charge >= 0.3 is 0 Å². The fourth-order valence-corrected chi connectivity index (χ4v) is 2.26. The molecule has 0 aromatic heterocycles. The monoisotopic (exact) mass is 358 g/mol. The Labute approximate surface area is 130 Å². The highest BCUT2D eigenvalue weighted by molar-refractivity contribution is 9.08. The van der Waals surface area contributed by atoms with Gasteiger partial charge in [-0.1, -0.05) is 45.7 Å². The number of methoxy groups -OCH3 is 1. The Hall–Kier alpha value is -1.26. The largest absolute Gasteiger partial charge is 0.493 e. The average Bonchev–Trinajstić information content (AvgIpc) is 2.48. The first kappa shape index (κ1) is 15.1. The van der Waals surface area contributed by atoms with Gasteiger partial charge in [-0.05, 0) is 23.8 Å². The zero-order chi connectivity index (χ0) is 14.5. The molecule has 0 unspecified atom stereocenters. The molecule has 0 heterocycles. The molecule has 0 radical (unpaired) electrons. The van der Waals surface area contributed by atoms with E-state index in [-0.39, 0.29) is 11.6 Å². The third-order valence-electron chi connectivity index (χ3n) is 2.80. The van der Waals surface area contributed by atoms with Crippen molar-refractivity contribution in [1.29, 1.82) is 0 Å². The van der Waals surface area contributed by atoms with E-state index in [0.717, 1.165) is 10.9 Å². The minimum atomic E-state index is -0.450. The molecule has 2 aromatic carbocycles. The third kappa shape index (κ3) is 3.44. The average molecular weight is 360 g/mol. The summed E-state index contributed by atoms with van der Waals surface area (Å²) in [5, 5.41) is 0.822. The summed E-state index contributed by atoms with van der Waals surface area (Å²) in [6, 6.07) is 10.3. The molecule has 0 amide bonds. The summed E-state index contributed by atoms with van der Waals surface area (Å²) in [7, 11) is 1.58. The number of halogens is 3. The Balaban J connectivity index is 2.16. The van der Waals surface area contributed by atoms with Gasteiger partial charge in [0.25, 0.3) is 0 Å². The molecule has 0 N–H and O–H groups in total. The molecule has 0 aliphatic rings. The molecule has 20 heavy (non-hydrogen) atoms. The molecule has 2 nitrogen and oxygen atoms in total. The van der Waals surface area contributed by atoms with Crippen LogP contribution in [0.3, 0.4) is 0 Å². The number of hydrogen-bond acceptors (Lipinski definition) is 2. The topological polar surface area (TPSA) is 18.5 Å². The fraction of sp³-hybridized carbons (Fsp3) is 0.200. The number of alkyl halides is 1. The Morgan fingerprint density at radius 2 is 2.00 bits per heavy atom. The van der Waals surface area contributed by atoms with Crippen LogP contribution in [0.15, 0.2) is 36.4 Å². The lowest BCUT2D eigenvalue weighted by Crippen LogP contribution is -1.99. The molecular formula is C15H13BrClFO2. The molecule has 106 valence electrons. The van der Waals surface area contributed by atoms with E-state index in [1.165, 1.54) is 6.07 Å². The van der Waals surface area contributed by atoms with E-state index >= 15 is 0 Å². The molecule has 0 saturated carbocycles. The quantitative estimate of drug-likeness (QED) is 0.702. The van der Waals surface area contributed by atoms with Crippen molar-refractivity contribution in [3.05, 3.63) is 58.4 Å². The lowest BCUT2D eigenvalue weighted by Gasteiger charge is -2.12. The van der Waals surface area contributed by atoms with Crippen molar-refractivity contribution in [3.63, 3.8) is 0 Å². The van der Waals surface area contributed by atoms with E-state index < -0.39 is 5.82 Å². The number of hydrogen-bond donors (Lipinski definition) is 0. The predicted molar refractivity (Wildman–Crippen MR) is 81.4 cm³/mol. The lowest BCUT2D eigenvalue weighted by atomic mass is 10.2. The van der Waals surface area contributed by atoms with Gasteiger partial charge in [-0.25, -0.2) is 4.39 Å². The zero-order valence-corrected chi connectivity index (χ0v) is 13.2. The minimum absolute atomic E-state index is 0.0866. The van der Waals surface area contributed by atoms with Crippen LogP contribution in [-0.4, -0.2) is 7.11 Å². The maximum atomic E-state index is 13.3. The lowest BCUT2D eigenvalue weighted by molar-refractivity contribution is 0.284. The summed E-state index contributed by atoms with van der Waals surface area (Å²) in [5.41, 5.74) is 1.68. The van der Waals surface area contributed by atoms with Gasteiger partial charge in [0.15, 0.2) is 11.5 Å². The second-order valence-electron chi connectivity index (χ2n) is 4.12. The van der Waals surface area contributed by atoms with Crippen LogP contribution < -0.4 is 9.47 Å². The van der Waals surface area contributed by atoms with Crippen molar-refractivity contribution in [3.8, 4) is 11.5 Å². The Bertz CT molecular complexity index is 604. The third-order valence-corrected chi connectivity index (χ3v) is 3.87. The van der Waals surface area contributed by atoms with E-state index in [4.69, 9.17) is 21.1 Å². The van der Waals surface area contributed by atoms with E-state index in [1.54, 1.807) is 19.2 Å². The zero-order valence-electron chi connectivity index (χ0n) is 10.8. The SMILES string of the molecule is COc1cc(CBr)ccc1OCc1cccc(F)c1Cl. The fourth-order valence-electron chi connectivity index (χ4n) is 1.73. The maximum absolute atomic E-state index is 13.3. The van der Waals surface area contributed by atoms with Gasteiger partial charge in [0.05, 0.1) is 12.1 Å². The van der Waals surface area contributed by atoms with Crippen molar-refractivity contribution >= 4 is 27.5 Å². The molecular weight excluding hydrogens is 347 g/mol. The van der Waals surface area contributed by atoms with Gasteiger partial charge in [-0.15, -0.1) is 0 Å². The van der Waals surface area contributed by atoms with Crippen molar-refractivity contribution in [2.24, 2.45) is 0 Å². The molecule has 0 aliphatic heterocycles. The number of rotatable bonds is 5. The van der Waals surface area contributed by atoms with Crippen LogP contribution in [0.1, 0.15) is 11.1 Å². The molecule has 2 aromatic rings. The van der Waals surface area contributed by atoms with Crippen LogP contribution in [0.4, 0.5) is 4.39 Å². The first-order valence-electron chi connectivity index (χ1n) is 5.94. The molecule has 0 fully saturated rings. The summed E-state index contributed by atoms with van der Waals surface area (Å²) in [6.07, 6.45) is 0. The van der Waals surface area contributed by atoms with Crippen LogP contribution in [-0.2, 0) is 11.9 Å². The highest BCUT2D eigenvalue weighted by Gasteiger charge is 2.09. The second-order valence-corrected chi connectivity index (χ2v) is 5.06. The highest BCUT2D eigenvalue weighted by Crippen LogP contribution is 2.30. The van der Waals surface area contributed by atoms with E-state index in [1.807, 2.05) is 18.2 Å². The van der Waals surface area contributed by atoms with Crippen molar-refractivity contribution in [2.75, 3.05) is 7.11 Å². The minimum Gasteiger partial charge on any atom is -0.493 e. The van der Waals surface area contributed by atoms with E-state index in [2.05, 4.69) is 15.9 Å². The van der Waals surface area contributed by atoms with E-state index in [9.17, 15) is 4.39 Å². The van der Waals surface area contributed by atoms with Crippen LogP contribution in [0.2, 0.25) is 5.02 Å². The number of benzene rings is 2. The first-order valence-corrected chi connectivity index (χ1v) is 7.44. The Morgan fingerprint density at radius 3 is 2.70 bits per heavy atom. The van der Waals surface area contributed by atoms with Gasteiger partial charge in [-0.3, -0.25) is 0 Å². The van der Waals surface area contributed by atoms with Gasteiger partial charge < -0.3 is 9.47 Å². The Morgan fingerprint density at radius 1 is 1.20 bits per heavy atom. The second kappa shape index (κ2) is 6.95. The van der Waals surface area contributed by atoms with Gasteiger partial charge in [-0.2, -0.15) is 0 Å². The van der Waals surface area contributed by atoms with Crippen molar-refractivity contribution in [2.45, 2.75) is 11.9 Å². The van der Waals surface area contributed by atoms with Gasteiger partial charge in [0.1, 0.15) is 12.4 Å². The summed E-state index contributed by atoms with van der Waals surface area (Å²) in [6.45, 7) is 0.181. The highest BCUT2D eigenvalue weighted by atomic mass is 79.9. The van der Waals surface area contributed by atoms with Gasteiger partial charge in [0.2, 0.25) is 0 Å². The standard InChI is InChI=1S/C15H13BrClFO2/c1-19-14-7-10(8-16)5-6-13(14)20-9-11-3-2-4-12(18)15(11)17/h2-7H,8-9H2,1H3. The molecule has 5 heteroatoms. The maximum Gasteiger partial charge on any atom is 0.161 e. The van der Waals surface area contributed by atoms with Crippen LogP contribution >= 0.6 is 27.5 Å². The van der Waals surface area contributed by atoms with Crippen molar-refractivity contribution < 1.29 is 13.9 Å². The molecule has 0 bridgehead atoms. The predicted octanol–water partition coefficient (Wildman–Crippen LogP) is 4.96. The molecule has 0 atom stereocenters. The van der Waals surface area contributed by atoms with Crippen LogP contribution in [0, 0.1) is 5.82 Å². The molecule has 0 saturated heterocycles. The van der Waals surface area contributed by atoms with Crippen molar-refractivity contribution in [1.82, 2.24) is 0 Å². The molecule has 2 rings (SSSR count).